The molecule has 1 rings (SSSR count). The molecule has 0 N–H and O–H groups in total. The van der Waals surface area contributed by atoms with Crippen LogP contribution < -0.4 is 0 Å². The van der Waals surface area contributed by atoms with Gasteiger partial charge in [-0.15, -0.1) is 11.8 Å². The zero-order valence-electron chi connectivity index (χ0n) is 12.0. The molecule has 1 aliphatic carbocycles. The Morgan fingerprint density at radius 1 is 1.28 bits per heavy atom. The van der Waals surface area contributed by atoms with Crippen molar-refractivity contribution in [3.63, 3.8) is 0 Å². The number of hydrogen-bond acceptors (Lipinski definition) is 4. The van der Waals surface area contributed by atoms with Gasteiger partial charge in [0.15, 0.2) is 0 Å². The second kappa shape index (κ2) is 7.39. The van der Waals surface area contributed by atoms with Crippen molar-refractivity contribution in [3.05, 3.63) is 0 Å². The Balaban J connectivity index is 2.30. The van der Waals surface area contributed by atoms with Gasteiger partial charge in [0.25, 0.3) is 0 Å². The van der Waals surface area contributed by atoms with Crippen LogP contribution in [0.3, 0.4) is 0 Å². The highest BCUT2D eigenvalue weighted by Crippen LogP contribution is 2.34. The number of thioether (sulfide) groups is 1. The molecule has 0 aromatic heterocycles. The Morgan fingerprint density at radius 3 is 2.39 bits per heavy atom. The first-order chi connectivity index (χ1) is 8.49. The number of carbonyl (C=O) groups excluding carboxylic acids is 1. The summed E-state index contributed by atoms with van der Waals surface area (Å²) in [4.78, 5) is 11.8. The average Bonchev–Trinajstić information content (AvgIpc) is 2.37. The van der Waals surface area contributed by atoms with Crippen LogP contribution in [0.5, 0.6) is 0 Å². The molecule has 0 aliphatic heterocycles. The summed E-state index contributed by atoms with van der Waals surface area (Å²) < 4.78 is 10.1. The zero-order valence-corrected chi connectivity index (χ0v) is 12.8. The first kappa shape index (κ1) is 15.8. The van der Waals surface area contributed by atoms with Crippen LogP contribution >= 0.6 is 11.8 Å². The molecule has 0 atom stereocenters. The fourth-order valence-corrected chi connectivity index (χ4v) is 3.39. The predicted molar refractivity (Wildman–Crippen MR) is 75.9 cm³/mol. The molecular weight excluding hydrogens is 248 g/mol. The molecule has 0 unspecified atom stereocenters. The molecule has 1 aliphatic rings. The lowest BCUT2D eigenvalue weighted by atomic mass is 9.89. The number of ether oxygens (including phenoxy) is 2. The quantitative estimate of drug-likeness (QED) is 0.696. The second-order valence-electron chi connectivity index (χ2n) is 5.42. The number of methoxy groups -OCH3 is 1. The minimum atomic E-state index is -0.423. The van der Waals surface area contributed by atoms with Gasteiger partial charge >= 0.3 is 5.97 Å². The number of hydrogen-bond donors (Lipinski definition) is 0. The minimum Gasteiger partial charge on any atom is -0.465 e. The third-order valence-corrected chi connectivity index (χ3v) is 5.10. The largest absolute Gasteiger partial charge is 0.465 e. The van der Waals surface area contributed by atoms with Gasteiger partial charge < -0.3 is 9.47 Å². The number of rotatable bonds is 6. The summed E-state index contributed by atoms with van der Waals surface area (Å²) in [5.74, 6) is 1.66. The van der Waals surface area contributed by atoms with Crippen molar-refractivity contribution in [2.75, 3.05) is 19.5 Å². The van der Waals surface area contributed by atoms with Crippen molar-refractivity contribution in [1.82, 2.24) is 0 Å². The molecule has 1 fully saturated rings. The molecule has 106 valence electrons. The fourth-order valence-electron chi connectivity index (χ4n) is 2.22. The standard InChI is InChI=1S/C14H26O3S/c1-5-17-13(15)14(2,3)18-10-11-6-8-12(16-4)9-7-11/h11-12H,5-10H2,1-4H3. The van der Waals surface area contributed by atoms with Gasteiger partial charge in [0.2, 0.25) is 0 Å². The topological polar surface area (TPSA) is 35.5 Å². The van der Waals surface area contributed by atoms with Gasteiger partial charge in [0.05, 0.1) is 12.7 Å². The molecule has 4 heteroatoms. The Morgan fingerprint density at radius 2 is 1.89 bits per heavy atom. The molecule has 0 spiro atoms. The van der Waals surface area contributed by atoms with Crippen molar-refractivity contribution in [2.24, 2.45) is 5.92 Å². The summed E-state index contributed by atoms with van der Waals surface area (Å²) in [5, 5.41) is 0. The van der Waals surface area contributed by atoms with E-state index in [-0.39, 0.29) is 5.97 Å². The van der Waals surface area contributed by atoms with E-state index in [1.807, 2.05) is 20.8 Å². The second-order valence-corrected chi connectivity index (χ2v) is 7.06. The third kappa shape index (κ3) is 4.81. The molecule has 0 amide bonds. The van der Waals surface area contributed by atoms with Gasteiger partial charge in [-0.3, -0.25) is 4.79 Å². The molecule has 3 nitrogen and oxygen atoms in total. The van der Waals surface area contributed by atoms with Crippen LogP contribution in [0.2, 0.25) is 0 Å². The highest BCUT2D eigenvalue weighted by atomic mass is 32.2. The Labute approximate surface area is 115 Å². The minimum absolute atomic E-state index is 0.0967. The molecule has 0 aromatic carbocycles. The van der Waals surface area contributed by atoms with E-state index in [1.165, 1.54) is 12.8 Å². The Bertz CT molecular complexity index is 258. The molecule has 18 heavy (non-hydrogen) atoms. The van der Waals surface area contributed by atoms with Crippen molar-refractivity contribution in [3.8, 4) is 0 Å². The lowest BCUT2D eigenvalue weighted by Gasteiger charge is -2.29. The Kier molecular flexibility index (Phi) is 6.50. The number of esters is 1. The predicted octanol–water partition coefficient (Wildman–Crippen LogP) is 3.27. The van der Waals surface area contributed by atoms with E-state index in [9.17, 15) is 4.79 Å². The first-order valence-electron chi connectivity index (χ1n) is 6.83. The third-order valence-electron chi connectivity index (χ3n) is 3.57. The van der Waals surface area contributed by atoms with Crippen LogP contribution in [0.4, 0.5) is 0 Å². The van der Waals surface area contributed by atoms with E-state index in [0.29, 0.717) is 12.7 Å². The van der Waals surface area contributed by atoms with Gasteiger partial charge in [0, 0.05) is 7.11 Å². The van der Waals surface area contributed by atoms with Gasteiger partial charge in [0.1, 0.15) is 4.75 Å². The van der Waals surface area contributed by atoms with Gasteiger partial charge in [-0.05, 0) is 58.1 Å². The van der Waals surface area contributed by atoms with Crippen LogP contribution in [-0.4, -0.2) is 36.3 Å². The molecular formula is C14H26O3S. The average molecular weight is 274 g/mol. The van der Waals surface area contributed by atoms with Gasteiger partial charge in [-0.25, -0.2) is 0 Å². The summed E-state index contributed by atoms with van der Waals surface area (Å²) in [7, 11) is 1.80. The van der Waals surface area contributed by atoms with Crippen LogP contribution in [0.15, 0.2) is 0 Å². The summed E-state index contributed by atoms with van der Waals surface area (Å²) in [6.45, 7) is 6.22. The summed E-state index contributed by atoms with van der Waals surface area (Å²) in [6.07, 6.45) is 5.18. The Hall–Kier alpha value is -0.220. The van der Waals surface area contributed by atoms with Crippen LogP contribution in [0, 0.1) is 5.92 Å². The lowest BCUT2D eigenvalue weighted by Crippen LogP contribution is -2.32. The van der Waals surface area contributed by atoms with E-state index < -0.39 is 4.75 Å². The molecule has 0 bridgehead atoms. The number of carbonyl (C=O) groups is 1. The smallest absolute Gasteiger partial charge is 0.321 e. The van der Waals surface area contributed by atoms with E-state index in [0.717, 1.165) is 24.5 Å². The highest BCUT2D eigenvalue weighted by molar-refractivity contribution is 8.01. The molecule has 0 radical (unpaired) electrons. The van der Waals surface area contributed by atoms with E-state index >= 15 is 0 Å². The van der Waals surface area contributed by atoms with Crippen LogP contribution in [0.25, 0.3) is 0 Å². The summed E-state index contributed by atoms with van der Waals surface area (Å²) >= 11 is 1.73. The van der Waals surface area contributed by atoms with Gasteiger partial charge in [-0.1, -0.05) is 0 Å². The first-order valence-corrected chi connectivity index (χ1v) is 7.82. The van der Waals surface area contributed by atoms with Crippen LogP contribution in [0.1, 0.15) is 46.5 Å². The molecule has 1 saturated carbocycles. The fraction of sp³-hybridized carbons (Fsp3) is 0.929. The highest BCUT2D eigenvalue weighted by Gasteiger charge is 2.31. The summed E-state index contributed by atoms with van der Waals surface area (Å²) in [5.41, 5.74) is 0. The zero-order chi connectivity index (χ0) is 13.6. The van der Waals surface area contributed by atoms with Crippen molar-refractivity contribution in [1.29, 1.82) is 0 Å². The van der Waals surface area contributed by atoms with Gasteiger partial charge in [-0.2, -0.15) is 0 Å². The maximum Gasteiger partial charge on any atom is 0.321 e. The molecule has 0 aromatic rings. The molecule has 0 heterocycles. The lowest BCUT2D eigenvalue weighted by molar-refractivity contribution is -0.145. The van der Waals surface area contributed by atoms with Crippen molar-refractivity contribution < 1.29 is 14.3 Å². The van der Waals surface area contributed by atoms with Crippen LogP contribution in [-0.2, 0) is 14.3 Å². The van der Waals surface area contributed by atoms with E-state index in [1.54, 1.807) is 18.9 Å². The molecule has 0 saturated heterocycles. The van der Waals surface area contributed by atoms with Crippen molar-refractivity contribution >= 4 is 17.7 Å². The van der Waals surface area contributed by atoms with E-state index in [4.69, 9.17) is 9.47 Å². The SMILES string of the molecule is CCOC(=O)C(C)(C)SCC1CCC(OC)CC1. The maximum absolute atomic E-state index is 11.8. The monoisotopic (exact) mass is 274 g/mol. The normalized spacial score (nSPS) is 24.9. The van der Waals surface area contributed by atoms with E-state index in [2.05, 4.69) is 0 Å². The van der Waals surface area contributed by atoms with Crippen molar-refractivity contribution in [2.45, 2.75) is 57.3 Å². The maximum atomic E-state index is 11.8. The summed E-state index contributed by atoms with van der Waals surface area (Å²) in [6, 6.07) is 0.